The van der Waals surface area contributed by atoms with Crippen molar-refractivity contribution in [3.05, 3.63) is 65.6 Å². The van der Waals surface area contributed by atoms with Crippen LogP contribution in [0, 0.1) is 0 Å². The fourth-order valence-electron chi connectivity index (χ4n) is 3.24. The van der Waals surface area contributed by atoms with Gasteiger partial charge in [0.05, 0.1) is 30.5 Å². The molecule has 168 valence electrons. The lowest BCUT2D eigenvalue weighted by Crippen LogP contribution is -2.37. The van der Waals surface area contributed by atoms with Crippen LogP contribution in [0.5, 0.6) is 11.8 Å². The third-order valence-electron chi connectivity index (χ3n) is 4.89. The summed E-state index contributed by atoms with van der Waals surface area (Å²) in [6.07, 6.45) is 4.31. The Kier molecular flexibility index (Phi) is 8.08. The zero-order valence-electron chi connectivity index (χ0n) is 17.7. The molecule has 1 N–H and O–H groups in total. The van der Waals surface area contributed by atoms with E-state index >= 15 is 0 Å². The van der Waals surface area contributed by atoms with Crippen molar-refractivity contribution >= 4 is 23.1 Å². The fourth-order valence-corrected chi connectivity index (χ4v) is 3.47. The smallest absolute Gasteiger partial charge is 0.318 e. The Hall–Kier alpha value is -2.94. The van der Waals surface area contributed by atoms with Gasteiger partial charge in [-0.1, -0.05) is 17.7 Å². The maximum atomic E-state index is 6.39. The number of ether oxygens (including phenoxy) is 3. The van der Waals surface area contributed by atoms with Crippen LogP contribution in [0.25, 0.3) is 0 Å². The number of aromatic nitrogens is 3. The Morgan fingerprint density at radius 3 is 2.75 bits per heavy atom. The minimum absolute atomic E-state index is 0.346. The van der Waals surface area contributed by atoms with Crippen LogP contribution < -0.4 is 14.8 Å². The van der Waals surface area contributed by atoms with Gasteiger partial charge in [0.2, 0.25) is 0 Å². The molecule has 0 radical (unpaired) electrons. The summed E-state index contributed by atoms with van der Waals surface area (Å²) in [6, 6.07) is 13.3. The van der Waals surface area contributed by atoms with E-state index in [0.29, 0.717) is 35.8 Å². The van der Waals surface area contributed by atoms with Gasteiger partial charge in [0.25, 0.3) is 0 Å². The largest absolute Gasteiger partial charge is 0.486 e. The SMILES string of the molecule is Clc1cc(Nc2ccnc(OCCCN3CCOCC3)n2)ccc1OCc1ccccn1. The van der Waals surface area contributed by atoms with E-state index in [4.69, 9.17) is 25.8 Å². The molecule has 32 heavy (non-hydrogen) atoms. The van der Waals surface area contributed by atoms with E-state index in [0.717, 1.165) is 50.7 Å². The van der Waals surface area contributed by atoms with Gasteiger partial charge in [-0.15, -0.1) is 0 Å². The van der Waals surface area contributed by atoms with Crippen LogP contribution >= 0.6 is 11.6 Å². The number of hydrogen-bond donors (Lipinski definition) is 1. The van der Waals surface area contributed by atoms with E-state index < -0.39 is 0 Å². The molecule has 2 aromatic heterocycles. The van der Waals surface area contributed by atoms with Crippen molar-refractivity contribution in [2.75, 3.05) is 44.8 Å². The van der Waals surface area contributed by atoms with Crippen molar-refractivity contribution in [3.8, 4) is 11.8 Å². The number of pyridine rings is 1. The van der Waals surface area contributed by atoms with Gasteiger partial charge in [0.1, 0.15) is 18.2 Å². The third-order valence-corrected chi connectivity index (χ3v) is 5.19. The maximum Gasteiger partial charge on any atom is 0.318 e. The summed E-state index contributed by atoms with van der Waals surface area (Å²) in [5.74, 6) is 1.22. The number of nitrogens with zero attached hydrogens (tertiary/aromatic N) is 4. The molecule has 9 heteroatoms. The van der Waals surface area contributed by atoms with Crippen molar-refractivity contribution in [3.63, 3.8) is 0 Å². The lowest BCUT2D eigenvalue weighted by atomic mass is 10.3. The Morgan fingerprint density at radius 2 is 1.94 bits per heavy atom. The van der Waals surface area contributed by atoms with Crippen molar-refractivity contribution in [1.29, 1.82) is 0 Å². The predicted octanol–water partition coefficient (Wildman–Crippen LogP) is 3.95. The molecule has 8 nitrogen and oxygen atoms in total. The summed E-state index contributed by atoms with van der Waals surface area (Å²) in [6.45, 7) is 5.46. The molecule has 3 heterocycles. The van der Waals surface area contributed by atoms with Crippen LogP contribution in [0.1, 0.15) is 12.1 Å². The number of rotatable bonds is 10. The molecule has 0 spiro atoms. The Labute approximate surface area is 192 Å². The number of hydrogen-bond acceptors (Lipinski definition) is 8. The highest BCUT2D eigenvalue weighted by molar-refractivity contribution is 6.32. The fraction of sp³-hybridized carbons (Fsp3) is 0.348. The van der Waals surface area contributed by atoms with E-state index in [-0.39, 0.29) is 0 Å². The van der Waals surface area contributed by atoms with Crippen molar-refractivity contribution < 1.29 is 14.2 Å². The molecule has 0 aliphatic carbocycles. The summed E-state index contributed by atoms with van der Waals surface area (Å²) in [4.78, 5) is 15.2. The van der Waals surface area contributed by atoms with Crippen LogP contribution in [0.4, 0.5) is 11.5 Å². The molecule has 0 bridgehead atoms. The first kappa shape index (κ1) is 22.3. The molecule has 3 aromatic rings. The van der Waals surface area contributed by atoms with Gasteiger partial charge in [0, 0.05) is 37.7 Å². The number of morpholine rings is 1. The molecule has 0 saturated carbocycles. The predicted molar refractivity (Wildman–Crippen MR) is 123 cm³/mol. The normalized spacial score (nSPS) is 14.2. The number of halogens is 1. The molecule has 4 rings (SSSR count). The second kappa shape index (κ2) is 11.6. The molecule has 1 fully saturated rings. The van der Waals surface area contributed by atoms with E-state index in [1.54, 1.807) is 24.5 Å². The highest BCUT2D eigenvalue weighted by atomic mass is 35.5. The number of nitrogens with one attached hydrogen (secondary N) is 1. The van der Waals surface area contributed by atoms with Gasteiger partial charge in [-0.2, -0.15) is 4.98 Å². The van der Waals surface area contributed by atoms with Crippen molar-refractivity contribution in [2.24, 2.45) is 0 Å². The van der Waals surface area contributed by atoms with E-state index in [1.165, 1.54) is 0 Å². The van der Waals surface area contributed by atoms with E-state index in [2.05, 4.69) is 25.2 Å². The summed E-state index contributed by atoms with van der Waals surface area (Å²) < 4.78 is 16.9. The summed E-state index contributed by atoms with van der Waals surface area (Å²) >= 11 is 6.39. The molecule has 1 saturated heterocycles. The van der Waals surface area contributed by atoms with Crippen LogP contribution in [0.2, 0.25) is 5.02 Å². The molecule has 0 unspecified atom stereocenters. The topological polar surface area (TPSA) is 81.6 Å². The summed E-state index contributed by atoms with van der Waals surface area (Å²) in [7, 11) is 0. The molecular weight excluding hydrogens is 430 g/mol. The lowest BCUT2D eigenvalue weighted by Gasteiger charge is -2.26. The average Bonchev–Trinajstić information content (AvgIpc) is 2.83. The highest BCUT2D eigenvalue weighted by Gasteiger charge is 2.10. The Balaban J connectivity index is 1.26. The average molecular weight is 456 g/mol. The van der Waals surface area contributed by atoms with Crippen LogP contribution in [-0.4, -0.2) is 59.3 Å². The summed E-state index contributed by atoms with van der Waals surface area (Å²) in [5, 5.41) is 3.72. The molecule has 1 aromatic carbocycles. The maximum absolute atomic E-state index is 6.39. The van der Waals surface area contributed by atoms with Gasteiger partial charge in [-0.05, 0) is 42.8 Å². The van der Waals surface area contributed by atoms with Gasteiger partial charge in [-0.25, -0.2) is 4.98 Å². The Bertz CT molecular complexity index is 986. The lowest BCUT2D eigenvalue weighted by molar-refractivity contribution is 0.0356. The second-order valence-electron chi connectivity index (χ2n) is 7.26. The van der Waals surface area contributed by atoms with E-state index in [1.807, 2.05) is 30.3 Å². The van der Waals surface area contributed by atoms with Gasteiger partial charge >= 0.3 is 6.01 Å². The molecule has 1 aliphatic heterocycles. The molecule has 1 aliphatic rings. The van der Waals surface area contributed by atoms with Gasteiger partial charge < -0.3 is 19.5 Å². The number of anilines is 2. The minimum Gasteiger partial charge on any atom is -0.486 e. The van der Waals surface area contributed by atoms with Crippen molar-refractivity contribution in [1.82, 2.24) is 19.9 Å². The minimum atomic E-state index is 0.346. The zero-order chi connectivity index (χ0) is 22.0. The van der Waals surface area contributed by atoms with Gasteiger partial charge in [-0.3, -0.25) is 9.88 Å². The monoisotopic (exact) mass is 455 g/mol. The van der Waals surface area contributed by atoms with Gasteiger partial charge in [0.15, 0.2) is 0 Å². The molecule has 0 atom stereocenters. The first-order valence-electron chi connectivity index (χ1n) is 10.6. The van der Waals surface area contributed by atoms with Crippen LogP contribution in [-0.2, 0) is 11.3 Å². The Morgan fingerprint density at radius 1 is 1.03 bits per heavy atom. The third kappa shape index (κ3) is 6.78. The first-order chi connectivity index (χ1) is 15.8. The standard InChI is InChI=1S/C23H26ClN5O3/c24-20-16-18(5-6-21(20)32-17-19-4-1-2-8-25-19)27-22-7-9-26-23(28-22)31-13-3-10-29-11-14-30-15-12-29/h1-2,4-9,16H,3,10-15,17H2,(H,26,27,28). The van der Waals surface area contributed by atoms with Crippen LogP contribution in [0.15, 0.2) is 54.9 Å². The number of benzene rings is 1. The molecule has 0 amide bonds. The molecular formula is C23H26ClN5O3. The van der Waals surface area contributed by atoms with E-state index in [9.17, 15) is 0 Å². The zero-order valence-corrected chi connectivity index (χ0v) is 18.5. The summed E-state index contributed by atoms with van der Waals surface area (Å²) in [5.41, 5.74) is 1.63. The first-order valence-corrected chi connectivity index (χ1v) is 11.0. The highest BCUT2D eigenvalue weighted by Crippen LogP contribution is 2.29. The van der Waals surface area contributed by atoms with Crippen LogP contribution in [0.3, 0.4) is 0 Å². The quantitative estimate of drug-likeness (QED) is 0.460. The second-order valence-corrected chi connectivity index (χ2v) is 7.67. The van der Waals surface area contributed by atoms with Crippen molar-refractivity contribution in [2.45, 2.75) is 13.0 Å².